The van der Waals surface area contributed by atoms with Crippen molar-refractivity contribution >= 4 is 23.2 Å². The molecule has 2 aliphatic heterocycles. The Kier molecular flexibility index (Phi) is 6.04. The second-order valence-electron chi connectivity index (χ2n) is 7.28. The summed E-state index contributed by atoms with van der Waals surface area (Å²) < 4.78 is 11.4. The Hall–Kier alpha value is -2.54. The third-order valence-electron chi connectivity index (χ3n) is 5.46. The van der Waals surface area contributed by atoms with E-state index in [-0.39, 0.29) is 24.7 Å². The van der Waals surface area contributed by atoms with Gasteiger partial charge in [-0.15, -0.1) is 11.3 Å². The molecule has 7 heteroatoms. The Labute approximate surface area is 175 Å². The molecule has 1 aromatic carbocycles. The second kappa shape index (κ2) is 8.86. The minimum atomic E-state index is -0.0107. The molecule has 0 N–H and O–H groups in total. The zero-order valence-corrected chi connectivity index (χ0v) is 17.5. The van der Waals surface area contributed by atoms with Crippen LogP contribution in [0.4, 0.5) is 0 Å². The van der Waals surface area contributed by atoms with Crippen LogP contribution in [0.2, 0.25) is 0 Å². The van der Waals surface area contributed by atoms with Crippen molar-refractivity contribution in [2.24, 2.45) is 0 Å². The first-order valence-electron chi connectivity index (χ1n) is 10.1. The third kappa shape index (κ3) is 4.40. The zero-order chi connectivity index (χ0) is 20.2. The fraction of sp³-hybridized carbons (Fsp3) is 0.455. The van der Waals surface area contributed by atoms with E-state index in [9.17, 15) is 9.59 Å². The smallest absolute Gasteiger partial charge is 0.223 e. The van der Waals surface area contributed by atoms with E-state index in [2.05, 4.69) is 11.4 Å². The van der Waals surface area contributed by atoms with Gasteiger partial charge in [0.1, 0.15) is 13.2 Å². The number of fused-ring (bicyclic) bond motifs is 2. The second-order valence-corrected chi connectivity index (χ2v) is 8.28. The van der Waals surface area contributed by atoms with Gasteiger partial charge in [0.15, 0.2) is 11.5 Å². The molecule has 6 nitrogen and oxygen atoms in total. The molecule has 0 saturated carbocycles. The Morgan fingerprint density at radius 2 is 2.03 bits per heavy atom. The van der Waals surface area contributed by atoms with Crippen molar-refractivity contribution in [3.05, 3.63) is 45.6 Å². The van der Waals surface area contributed by atoms with Gasteiger partial charge >= 0.3 is 0 Å². The van der Waals surface area contributed by atoms with Crippen molar-refractivity contribution in [1.29, 1.82) is 0 Å². The number of thiophene rings is 1. The maximum absolute atomic E-state index is 12.8. The van der Waals surface area contributed by atoms with Crippen LogP contribution < -0.4 is 9.47 Å². The average Bonchev–Trinajstić information content (AvgIpc) is 3.23. The van der Waals surface area contributed by atoms with E-state index in [4.69, 9.17) is 9.47 Å². The molecular formula is C22H26N2O4S. The summed E-state index contributed by atoms with van der Waals surface area (Å²) in [7, 11) is 0. The minimum Gasteiger partial charge on any atom is -0.486 e. The molecule has 4 rings (SSSR count). The Balaban J connectivity index is 1.33. The molecule has 0 saturated heterocycles. The standard InChI is InChI=1S/C22H26N2O4S/c1-2-23(15-17-4-3-5-18-22(17)28-12-11-27-18)20(25)6-7-21(26)24-10-8-19-16(14-24)9-13-29-19/h3-5,9,13H,2,6-8,10-12,14-15H2,1H3. The van der Waals surface area contributed by atoms with E-state index in [1.807, 2.05) is 30.0 Å². The molecule has 0 radical (unpaired) electrons. The van der Waals surface area contributed by atoms with Gasteiger partial charge in [0, 0.05) is 49.5 Å². The predicted octanol–water partition coefficient (Wildman–Crippen LogP) is 3.23. The Morgan fingerprint density at radius 1 is 1.17 bits per heavy atom. The van der Waals surface area contributed by atoms with Crippen LogP contribution in [0.1, 0.15) is 35.8 Å². The number of hydrogen-bond donors (Lipinski definition) is 0. The van der Waals surface area contributed by atoms with E-state index in [0.717, 1.165) is 30.0 Å². The van der Waals surface area contributed by atoms with Crippen molar-refractivity contribution in [1.82, 2.24) is 9.80 Å². The number of carbonyl (C=O) groups is 2. The summed E-state index contributed by atoms with van der Waals surface area (Å²) in [6.07, 6.45) is 1.39. The van der Waals surface area contributed by atoms with Crippen LogP contribution in [0.25, 0.3) is 0 Å². The normalized spacial score (nSPS) is 15.0. The van der Waals surface area contributed by atoms with E-state index in [1.165, 1.54) is 10.4 Å². The largest absolute Gasteiger partial charge is 0.486 e. The number of hydrogen-bond acceptors (Lipinski definition) is 5. The van der Waals surface area contributed by atoms with Gasteiger partial charge < -0.3 is 19.3 Å². The van der Waals surface area contributed by atoms with Crippen molar-refractivity contribution in [3.8, 4) is 11.5 Å². The van der Waals surface area contributed by atoms with Gasteiger partial charge in [-0.3, -0.25) is 9.59 Å². The minimum absolute atomic E-state index is 0.0107. The number of ether oxygens (including phenoxy) is 2. The third-order valence-corrected chi connectivity index (χ3v) is 6.48. The molecular weight excluding hydrogens is 388 g/mol. The molecule has 2 aliphatic rings. The number of carbonyl (C=O) groups excluding carboxylic acids is 2. The first-order chi connectivity index (χ1) is 14.2. The van der Waals surface area contributed by atoms with E-state index >= 15 is 0 Å². The Bertz CT molecular complexity index is 895. The monoisotopic (exact) mass is 414 g/mol. The van der Waals surface area contributed by atoms with Gasteiger partial charge in [0.2, 0.25) is 11.8 Å². The summed E-state index contributed by atoms with van der Waals surface area (Å²) >= 11 is 1.76. The summed E-state index contributed by atoms with van der Waals surface area (Å²) in [5.74, 6) is 1.50. The van der Waals surface area contributed by atoms with Crippen LogP contribution in [0, 0.1) is 0 Å². The van der Waals surface area contributed by atoms with Crippen molar-refractivity contribution in [3.63, 3.8) is 0 Å². The summed E-state index contributed by atoms with van der Waals surface area (Å²) in [6.45, 7) is 5.45. The molecule has 2 amide bonds. The summed E-state index contributed by atoms with van der Waals surface area (Å²) in [5.41, 5.74) is 2.18. The fourth-order valence-electron chi connectivity index (χ4n) is 3.83. The number of amides is 2. The van der Waals surface area contributed by atoms with Crippen molar-refractivity contribution < 1.29 is 19.1 Å². The van der Waals surface area contributed by atoms with Gasteiger partial charge in [-0.25, -0.2) is 0 Å². The highest BCUT2D eigenvalue weighted by molar-refractivity contribution is 7.10. The van der Waals surface area contributed by atoms with Crippen LogP contribution in [-0.2, 0) is 29.1 Å². The van der Waals surface area contributed by atoms with Crippen LogP contribution in [0.3, 0.4) is 0 Å². The Morgan fingerprint density at radius 3 is 2.90 bits per heavy atom. The van der Waals surface area contributed by atoms with E-state index < -0.39 is 0 Å². The summed E-state index contributed by atoms with van der Waals surface area (Å²) in [4.78, 5) is 30.4. The van der Waals surface area contributed by atoms with E-state index in [1.54, 1.807) is 16.2 Å². The predicted molar refractivity (Wildman–Crippen MR) is 111 cm³/mol. The number of benzene rings is 1. The van der Waals surface area contributed by atoms with Gasteiger partial charge in [-0.05, 0) is 36.4 Å². The van der Waals surface area contributed by atoms with Crippen molar-refractivity contribution in [2.75, 3.05) is 26.3 Å². The lowest BCUT2D eigenvalue weighted by Crippen LogP contribution is -2.37. The lowest BCUT2D eigenvalue weighted by molar-refractivity contribution is -0.137. The maximum atomic E-state index is 12.8. The summed E-state index contributed by atoms with van der Waals surface area (Å²) in [6, 6.07) is 7.85. The number of nitrogens with zero attached hydrogens (tertiary/aromatic N) is 2. The highest BCUT2D eigenvalue weighted by Crippen LogP contribution is 2.34. The van der Waals surface area contributed by atoms with Crippen LogP contribution >= 0.6 is 11.3 Å². The van der Waals surface area contributed by atoms with E-state index in [0.29, 0.717) is 32.8 Å². The SMILES string of the molecule is CCN(Cc1cccc2c1OCCO2)C(=O)CCC(=O)N1CCc2sccc2C1. The van der Waals surface area contributed by atoms with Crippen molar-refractivity contribution in [2.45, 2.75) is 39.3 Å². The molecule has 0 atom stereocenters. The zero-order valence-electron chi connectivity index (χ0n) is 16.7. The molecule has 29 heavy (non-hydrogen) atoms. The molecule has 0 unspecified atom stereocenters. The topological polar surface area (TPSA) is 59.1 Å². The molecule has 0 fully saturated rings. The quantitative estimate of drug-likeness (QED) is 0.728. The molecule has 3 heterocycles. The first-order valence-corrected chi connectivity index (χ1v) is 11.0. The lowest BCUT2D eigenvalue weighted by atomic mass is 10.1. The average molecular weight is 415 g/mol. The first kappa shape index (κ1) is 19.8. The van der Waals surface area contributed by atoms with Gasteiger partial charge in [-0.2, -0.15) is 0 Å². The van der Waals surface area contributed by atoms with Gasteiger partial charge in [0.05, 0.1) is 0 Å². The molecule has 0 bridgehead atoms. The van der Waals surface area contributed by atoms with Crippen LogP contribution in [0.15, 0.2) is 29.6 Å². The van der Waals surface area contributed by atoms with Gasteiger partial charge in [0.25, 0.3) is 0 Å². The number of rotatable bonds is 6. The number of para-hydroxylation sites is 1. The molecule has 2 aromatic rings. The molecule has 154 valence electrons. The molecule has 1 aromatic heterocycles. The van der Waals surface area contributed by atoms with Crippen LogP contribution in [-0.4, -0.2) is 47.9 Å². The van der Waals surface area contributed by atoms with Crippen LogP contribution in [0.5, 0.6) is 11.5 Å². The highest BCUT2D eigenvalue weighted by Gasteiger charge is 2.24. The fourth-order valence-corrected chi connectivity index (χ4v) is 4.72. The highest BCUT2D eigenvalue weighted by atomic mass is 32.1. The maximum Gasteiger partial charge on any atom is 0.223 e. The van der Waals surface area contributed by atoms with Gasteiger partial charge in [-0.1, -0.05) is 12.1 Å². The molecule has 0 spiro atoms. The molecule has 0 aliphatic carbocycles. The summed E-state index contributed by atoms with van der Waals surface area (Å²) in [5, 5.41) is 2.08. The lowest BCUT2D eigenvalue weighted by Gasteiger charge is -2.28.